The lowest BCUT2D eigenvalue weighted by Gasteiger charge is -2.25. The van der Waals surface area contributed by atoms with Crippen LogP contribution in [0.5, 0.6) is 0 Å². The third kappa shape index (κ3) is 4.34. The van der Waals surface area contributed by atoms with Crippen molar-refractivity contribution in [2.45, 2.75) is 33.1 Å². The van der Waals surface area contributed by atoms with Crippen molar-refractivity contribution in [2.24, 2.45) is 0 Å². The number of benzene rings is 2. The zero-order valence-corrected chi connectivity index (χ0v) is 19.7. The number of carboxylic acid groups (broad SMARTS) is 1. The van der Waals surface area contributed by atoms with E-state index in [-0.39, 0.29) is 16.9 Å². The maximum Gasteiger partial charge on any atom is 0.339 e. The summed E-state index contributed by atoms with van der Waals surface area (Å²) in [5.41, 5.74) is 4.39. The van der Waals surface area contributed by atoms with Crippen LogP contribution in [-0.4, -0.2) is 17.0 Å². The lowest BCUT2D eigenvalue weighted by Crippen LogP contribution is -2.22. The molecule has 0 spiro atoms. The van der Waals surface area contributed by atoms with Crippen LogP contribution < -0.4 is 5.32 Å². The van der Waals surface area contributed by atoms with Crippen molar-refractivity contribution in [3.8, 4) is 22.3 Å². The second-order valence-electron chi connectivity index (χ2n) is 8.85. The summed E-state index contributed by atoms with van der Waals surface area (Å²) >= 11 is 1.27. The van der Waals surface area contributed by atoms with Gasteiger partial charge in [0.15, 0.2) is 0 Å². The number of thiophene rings is 1. The predicted molar refractivity (Wildman–Crippen MR) is 132 cm³/mol. The summed E-state index contributed by atoms with van der Waals surface area (Å²) < 4.78 is 5.27. The lowest BCUT2D eigenvalue weighted by atomic mass is 9.79. The van der Waals surface area contributed by atoms with Crippen LogP contribution in [0.4, 0.5) is 5.00 Å². The number of carbonyl (C=O) groups excluding carboxylic acids is 1. The number of amides is 1. The van der Waals surface area contributed by atoms with Gasteiger partial charge in [-0.1, -0.05) is 63.2 Å². The van der Waals surface area contributed by atoms with Gasteiger partial charge in [0.2, 0.25) is 0 Å². The highest BCUT2D eigenvalue weighted by Gasteiger charge is 2.28. The molecule has 33 heavy (non-hydrogen) atoms. The zero-order valence-electron chi connectivity index (χ0n) is 18.9. The van der Waals surface area contributed by atoms with E-state index < -0.39 is 5.97 Å². The van der Waals surface area contributed by atoms with Gasteiger partial charge >= 0.3 is 5.97 Å². The van der Waals surface area contributed by atoms with Gasteiger partial charge in [0, 0.05) is 21.6 Å². The number of anilines is 1. The summed E-state index contributed by atoms with van der Waals surface area (Å²) in [6, 6.07) is 16.8. The molecule has 168 valence electrons. The molecule has 2 aromatic heterocycles. The zero-order chi connectivity index (χ0) is 23.8. The van der Waals surface area contributed by atoms with E-state index in [1.165, 1.54) is 11.3 Å². The Morgan fingerprint density at radius 1 is 0.970 bits per heavy atom. The first-order valence-corrected chi connectivity index (χ1v) is 11.4. The van der Waals surface area contributed by atoms with E-state index in [0.29, 0.717) is 16.1 Å². The Balaban J connectivity index is 1.81. The Hall–Kier alpha value is -3.64. The molecule has 0 aliphatic carbocycles. The fourth-order valence-electron chi connectivity index (χ4n) is 4.17. The Bertz CT molecular complexity index is 1310. The van der Waals surface area contributed by atoms with Crippen LogP contribution in [0.15, 0.2) is 71.5 Å². The van der Waals surface area contributed by atoms with Gasteiger partial charge in [-0.3, -0.25) is 4.79 Å². The molecule has 6 heteroatoms. The number of hydrogen-bond donors (Lipinski definition) is 2. The van der Waals surface area contributed by atoms with Gasteiger partial charge in [0.05, 0.1) is 12.5 Å². The van der Waals surface area contributed by atoms with Crippen molar-refractivity contribution < 1.29 is 19.1 Å². The molecule has 2 heterocycles. The van der Waals surface area contributed by atoms with Crippen molar-refractivity contribution in [3.63, 3.8) is 0 Å². The van der Waals surface area contributed by atoms with E-state index in [1.807, 2.05) is 76.2 Å². The van der Waals surface area contributed by atoms with E-state index in [0.717, 1.165) is 27.1 Å². The summed E-state index contributed by atoms with van der Waals surface area (Å²) in [7, 11) is 0. The smallest absolute Gasteiger partial charge is 0.339 e. The maximum atomic E-state index is 13.5. The highest BCUT2D eigenvalue weighted by atomic mass is 32.1. The summed E-state index contributed by atoms with van der Waals surface area (Å²) in [6.07, 6.45) is 3.26. The number of nitrogens with one attached hydrogen (secondary N) is 1. The van der Waals surface area contributed by atoms with Crippen LogP contribution in [0.3, 0.4) is 0 Å². The van der Waals surface area contributed by atoms with Crippen molar-refractivity contribution >= 4 is 28.2 Å². The molecular formula is C27H25NO4S. The monoisotopic (exact) mass is 459 g/mol. The number of furan rings is 1. The molecule has 4 rings (SSSR count). The highest BCUT2D eigenvalue weighted by Crippen LogP contribution is 2.41. The van der Waals surface area contributed by atoms with Crippen molar-refractivity contribution in [1.82, 2.24) is 0 Å². The Kier molecular flexibility index (Phi) is 5.95. The largest absolute Gasteiger partial charge is 0.478 e. The van der Waals surface area contributed by atoms with E-state index >= 15 is 0 Å². The van der Waals surface area contributed by atoms with Crippen LogP contribution >= 0.6 is 11.3 Å². The molecule has 0 fully saturated rings. The van der Waals surface area contributed by atoms with Gasteiger partial charge in [-0.15, -0.1) is 11.3 Å². The molecule has 4 aromatic rings. The average molecular weight is 460 g/mol. The second-order valence-corrected chi connectivity index (χ2v) is 10.1. The summed E-state index contributed by atoms with van der Waals surface area (Å²) in [6.45, 7) is 8.02. The molecule has 1 amide bonds. The molecule has 0 saturated carbocycles. The Morgan fingerprint density at radius 2 is 1.70 bits per heavy atom. The van der Waals surface area contributed by atoms with Gasteiger partial charge in [-0.05, 0) is 41.2 Å². The van der Waals surface area contributed by atoms with Gasteiger partial charge < -0.3 is 14.8 Å². The molecule has 0 atom stereocenters. The standard InChI is InChI=1S/C27H25NO4S/c1-16-21(17-9-6-5-7-10-17)22(26(30)31)25(33-16)28-24(29)20-12-8-11-19(18-13-14-32-15-18)23(20)27(2,3)4/h5-15H,1-4H3,(H,28,29)(H,30,31). The second kappa shape index (κ2) is 8.71. The van der Waals surface area contributed by atoms with Crippen LogP contribution in [0.1, 0.15) is 51.9 Å². The topological polar surface area (TPSA) is 79.5 Å². The third-order valence-electron chi connectivity index (χ3n) is 5.48. The molecule has 0 aliphatic rings. The Labute approximate surface area is 196 Å². The first kappa shape index (κ1) is 22.6. The maximum absolute atomic E-state index is 13.5. The number of carboxylic acids is 1. The average Bonchev–Trinajstić information content (AvgIpc) is 3.41. The minimum Gasteiger partial charge on any atom is -0.478 e. The highest BCUT2D eigenvalue weighted by molar-refractivity contribution is 7.17. The molecule has 0 unspecified atom stereocenters. The molecule has 0 aliphatic heterocycles. The Morgan fingerprint density at radius 3 is 2.30 bits per heavy atom. The number of aromatic carboxylic acids is 1. The predicted octanol–water partition coefficient (Wildman–Crippen LogP) is 7.23. The van der Waals surface area contributed by atoms with E-state index in [4.69, 9.17) is 4.42 Å². The first-order valence-electron chi connectivity index (χ1n) is 10.6. The van der Waals surface area contributed by atoms with Crippen LogP contribution in [0, 0.1) is 6.92 Å². The molecule has 5 nitrogen and oxygen atoms in total. The van der Waals surface area contributed by atoms with Crippen LogP contribution in [0.25, 0.3) is 22.3 Å². The summed E-state index contributed by atoms with van der Waals surface area (Å²) in [5.74, 6) is -1.41. The summed E-state index contributed by atoms with van der Waals surface area (Å²) in [5, 5.41) is 13.2. The molecule has 2 aromatic carbocycles. The van der Waals surface area contributed by atoms with Gasteiger partial charge in [0.1, 0.15) is 10.6 Å². The minimum atomic E-state index is -1.07. The minimum absolute atomic E-state index is 0.111. The fourth-order valence-corrected chi connectivity index (χ4v) is 5.23. The lowest BCUT2D eigenvalue weighted by molar-refractivity contribution is 0.0699. The first-order chi connectivity index (χ1) is 15.7. The normalized spacial score (nSPS) is 11.4. The van der Waals surface area contributed by atoms with E-state index in [9.17, 15) is 14.7 Å². The molecule has 0 radical (unpaired) electrons. The number of carbonyl (C=O) groups is 2. The van der Waals surface area contributed by atoms with Gasteiger partial charge in [0.25, 0.3) is 5.91 Å². The summed E-state index contributed by atoms with van der Waals surface area (Å²) in [4.78, 5) is 26.6. The number of aryl methyl sites for hydroxylation is 1. The van der Waals surface area contributed by atoms with Crippen molar-refractivity contribution in [3.05, 3.63) is 88.7 Å². The van der Waals surface area contributed by atoms with Crippen molar-refractivity contribution in [1.29, 1.82) is 0 Å². The number of rotatable bonds is 5. The van der Waals surface area contributed by atoms with Crippen molar-refractivity contribution in [2.75, 3.05) is 5.32 Å². The third-order valence-corrected chi connectivity index (χ3v) is 6.50. The van der Waals surface area contributed by atoms with Crippen LogP contribution in [0.2, 0.25) is 0 Å². The van der Waals surface area contributed by atoms with Gasteiger partial charge in [-0.2, -0.15) is 0 Å². The molecule has 0 saturated heterocycles. The molecule has 0 bridgehead atoms. The number of hydrogen-bond acceptors (Lipinski definition) is 4. The SMILES string of the molecule is Cc1sc(NC(=O)c2cccc(-c3ccoc3)c2C(C)(C)C)c(C(=O)O)c1-c1ccccc1. The van der Waals surface area contributed by atoms with E-state index in [2.05, 4.69) is 5.32 Å². The molecule has 2 N–H and O–H groups in total. The van der Waals surface area contributed by atoms with Gasteiger partial charge in [-0.25, -0.2) is 4.79 Å². The quantitative estimate of drug-likeness (QED) is 0.330. The molecular weight excluding hydrogens is 434 g/mol. The van der Waals surface area contributed by atoms with E-state index in [1.54, 1.807) is 18.6 Å². The van der Waals surface area contributed by atoms with Crippen LogP contribution in [-0.2, 0) is 5.41 Å². The fraction of sp³-hybridized carbons (Fsp3) is 0.185.